The van der Waals surface area contributed by atoms with Gasteiger partial charge in [0.05, 0.1) is 13.5 Å². The van der Waals surface area contributed by atoms with E-state index in [4.69, 9.17) is 16.3 Å². The molecule has 1 saturated heterocycles. The van der Waals surface area contributed by atoms with Gasteiger partial charge in [0.25, 0.3) is 0 Å². The second-order valence-corrected chi connectivity index (χ2v) is 9.40. The molecule has 0 radical (unpaired) electrons. The van der Waals surface area contributed by atoms with E-state index in [0.29, 0.717) is 24.5 Å². The Morgan fingerprint density at radius 1 is 1.00 bits per heavy atom. The van der Waals surface area contributed by atoms with Gasteiger partial charge in [0.15, 0.2) is 0 Å². The summed E-state index contributed by atoms with van der Waals surface area (Å²) >= 11 is 5.96. The summed E-state index contributed by atoms with van der Waals surface area (Å²) in [5, 5.41) is 0.664. The average Bonchev–Trinajstić information content (AvgIpc) is 2.84. The van der Waals surface area contributed by atoms with Crippen molar-refractivity contribution in [3.05, 3.63) is 88.9 Å². The van der Waals surface area contributed by atoms with E-state index in [1.54, 1.807) is 24.0 Å². The molecule has 1 atom stereocenters. The number of nitrogens with zero attached hydrogens (tertiary/aromatic N) is 2. The van der Waals surface area contributed by atoms with E-state index in [1.165, 1.54) is 0 Å². The Morgan fingerprint density at radius 2 is 1.68 bits per heavy atom. The number of benzene rings is 3. The molecular formula is C28H29ClN2O3. The third-order valence-corrected chi connectivity index (χ3v) is 6.82. The minimum absolute atomic E-state index is 0.0314. The molecule has 0 spiro atoms. The van der Waals surface area contributed by atoms with Crippen LogP contribution in [0.2, 0.25) is 5.02 Å². The van der Waals surface area contributed by atoms with E-state index in [9.17, 15) is 9.59 Å². The Labute approximate surface area is 205 Å². The van der Waals surface area contributed by atoms with E-state index in [1.807, 2.05) is 79.7 Å². The molecule has 4 rings (SSSR count). The van der Waals surface area contributed by atoms with Crippen LogP contribution in [0.3, 0.4) is 0 Å². The van der Waals surface area contributed by atoms with Crippen molar-refractivity contribution < 1.29 is 14.3 Å². The van der Waals surface area contributed by atoms with Crippen molar-refractivity contribution in [3.8, 4) is 16.9 Å². The van der Waals surface area contributed by atoms with Crippen molar-refractivity contribution >= 4 is 23.4 Å². The number of rotatable bonds is 7. The van der Waals surface area contributed by atoms with Gasteiger partial charge in [-0.15, -0.1) is 0 Å². The number of likely N-dealkylation sites (tertiary alicyclic amines) is 1. The minimum atomic E-state index is -0.807. The zero-order valence-corrected chi connectivity index (χ0v) is 20.5. The van der Waals surface area contributed by atoms with Crippen LogP contribution in [0.5, 0.6) is 5.75 Å². The van der Waals surface area contributed by atoms with Crippen molar-refractivity contribution in [1.82, 2.24) is 9.80 Å². The predicted octanol–water partition coefficient (Wildman–Crippen LogP) is 5.21. The highest BCUT2D eigenvalue weighted by Crippen LogP contribution is 2.33. The number of amides is 2. The summed E-state index contributed by atoms with van der Waals surface area (Å²) in [5.41, 5.74) is 3.23. The lowest BCUT2D eigenvalue weighted by Crippen LogP contribution is -2.67. The molecule has 0 aromatic heterocycles. The van der Waals surface area contributed by atoms with E-state index in [0.717, 1.165) is 28.0 Å². The second kappa shape index (κ2) is 9.90. The summed E-state index contributed by atoms with van der Waals surface area (Å²) in [4.78, 5) is 29.7. The fraction of sp³-hybridized carbons (Fsp3) is 0.286. The molecular weight excluding hydrogens is 448 g/mol. The van der Waals surface area contributed by atoms with Crippen LogP contribution in [0.25, 0.3) is 11.1 Å². The summed E-state index contributed by atoms with van der Waals surface area (Å²) in [6.07, 6.45) is 0.930. The third kappa shape index (κ3) is 4.95. The fourth-order valence-electron chi connectivity index (χ4n) is 4.42. The maximum absolute atomic E-state index is 13.2. The molecule has 1 fully saturated rings. The lowest BCUT2D eigenvalue weighted by atomic mass is 9.84. The lowest BCUT2D eigenvalue weighted by molar-refractivity contribution is -0.163. The van der Waals surface area contributed by atoms with Gasteiger partial charge in [-0.05, 0) is 59.9 Å². The highest BCUT2D eigenvalue weighted by Gasteiger charge is 2.50. The number of ether oxygens (including phenoxy) is 1. The molecule has 176 valence electrons. The van der Waals surface area contributed by atoms with Crippen molar-refractivity contribution in [2.45, 2.75) is 31.8 Å². The quantitative estimate of drug-likeness (QED) is 0.470. The van der Waals surface area contributed by atoms with Crippen LogP contribution < -0.4 is 4.74 Å². The summed E-state index contributed by atoms with van der Waals surface area (Å²) in [5.74, 6) is 0.728. The molecule has 1 unspecified atom stereocenters. The van der Waals surface area contributed by atoms with Crippen molar-refractivity contribution in [2.75, 3.05) is 20.7 Å². The number of carbonyl (C=O) groups is 2. The number of hydrogen-bond donors (Lipinski definition) is 0. The molecule has 0 N–H and O–H groups in total. The molecule has 1 heterocycles. The van der Waals surface area contributed by atoms with Gasteiger partial charge in [-0.2, -0.15) is 0 Å². The van der Waals surface area contributed by atoms with Crippen LogP contribution in [0.1, 0.15) is 24.5 Å². The second-order valence-electron chi connectivity index (χ2n) is 8.96. The summed E-state index contributed by atoms with van der Waals surface area (Å²) in [6, 6.07) is 23.3. The van der Waals surface area contributed by atoms with E-state index in [-0.39, 0.29) is 18.2 Å². The third-order valence-electron chi connectivity index (χ3n) is 6.57. The molecule has 0 aliphatic carbocycles. The van der Waals surface area contributed by atoms with E-state index < -0.39 is 5.54 Å². The number of likely N-dealkylation sites (N-methyl/N-ethyl adjacent to an activating group) is 1. The van der Waals surface area contributed by atoms with Gasteiger partial charge in [-0.3, -0.25) is 9.59 Å². The number of carbonyl (C=O) groups excluding carboxylic acids is 2. The highest BCUT2D eigenvalue weighted by molar-refractivity contribution is 6.30. The van der Waals surface area contributed by atoms with Crippen LogP contribution in [-0.4, -0.2) is 47.9 Å². The molecule has 1 aliphatic heterocycles. The molecule has 34 heavy (non-hydrogen) atoms. The van der Waals surface area contributed by atoms with Crippen molar-refractivity contribution in [1.29, 1.82) is 0 Å². The van der Waals surface area contributed by atoms with Crippen LogP contribution >= 0.6 is 11.6 Å². The molecule has 3 aromatic rings. The van der Waals surface area contributed by atoms with Crippen molar-refractivity contribution in [2.24, 2.45) is 0 Å². The molecule has 0 bridgehead atoms. The number of methoxy groups -OCH3 is 1. The van der Waals surface area contributed by atoms with Gasteiger partial charge in [-0.1, -0.05) is 60.1 Å². The Bertz CT molecular complexity index is 1180. The van der Waals surface area contributed by atoms with Crippen LogP contribution in [0.4, 0.5) is 0 Å². The SMILES string of the molecule is COc1cccc(-c2ccc(CC(=O)N3CCC3(C)C(=O)N(C)Cc3ccc(Cl)cc3)cc2)c1. The maximum atomic E-state index is 13.2. The number of halogens is 1. The summed E-state index contributed by atoms with van der Waals surface area (Å²) in [7, 11) is 3.43. The first kappa shape index (κ1) is 23.8. The lowest BCUT2D eigenvalue weighted by Gasteiger charge is -2.50. The average molecular weight is 477 g/mol. The first-order valence-corrected chi connectivity index (χ1v) is 11.7. The molecule has 1 aliphatic rings. The first-order valence-electron chi connectivity index (χ1n) is 11.3. The van der Waals surface area contributed by atoms with Gasteiger partial charge in [-0.25, -0.2) is 0 Å². The predicted molar refractivity (Wildman–Crippen MR) is 135 cm³/mol. The van der Waals surface area contributed by atoms with Crippen molar-refractivity contribution in [3.63, 3.8) is 0 Å². The van der Waals surface area contributed by atoms with Gasteiger partial charge >= 0.3 is 0 Å². The monoisotopic (exact) mass is 476 g/mol. The summed E-state index contributed by atoms with van der Waals surface area (Å²) < 4.78 is 5.30. The molecule has 6 heteroatoms. The highest BCUT2D eigenvalue weighted by atomic mass is 35.5. The maximum Gasteiger partial charge on any atom is 0.248 e. The Hall–Kier alpha value is -3.31. The zero-order valence-electron chi connectivity index (χ0n) is 19.8. The standard InChI is InChI=1S/C28H29ClN2O3/c1-28(27(33)30(2)19-21-9-13-24(29)14-10-21)15-16-31(28)26(32)17-20-7-11-22(12-8-20)23-5-4-6-25(18-23)34-3/h4-14,18H,15-17,19H2,1-3H3. The Kier molecular flexibility index (Phi) is 6.94. The zero-order chi connectivity index (χ0) is 24.3. The Morgan fingerprint density at radius 3 is 2.29 bits per heavy atom. The Balaban J connectivity index is 1.39. The largest absolute Gasteiger partial charge is 0.497 e. The smallest absolute Gasteiger partial charge is 0.248 e. The number of hydrogen-bond acceptors (Lipinski definition) is 3. The van der Waals surface area contributed by atoms with Gasteiger partial charge in [0.2, 0.25) is 11.8 Å². The van der Waals surface area contributed by atoms with Gasteiger partial charge in [0, 0.05) is 25.2 Å². The molecule has 3 aromatic carbocycles. The van der Waals surface area contributed by atoms with Crippen LogP contribution in [0.15, 0.2) is 72.8 Å². The summed E-state index contributed by atoms with van der Waals surface area (Å²) in [6.45, 7) is 2.93. The molecule has 0 saturated carbocycles. The van der Waals surface area contributed by atoms with Crippen LogP contribution in [0, 0.1) is 0 Å². The van der Waals surface area contributed by atoms with E-state index >= 15 is 0 Å². The van der Waals surface area contributed by atoms with Crippen LogP contribution in [-0.2, 0) is 22.6 Å². The fourth-order valence-corrected chi connectivity index (χ4v) is 4.54. The topological polar surface area (TPSA) is 49.9 Å². The van der Waals surface area contributed by atoms with E-state index in [2.05, 4.69) is 0 Å². The van der Waals surface area contributed by atoms with Gasteiger partial charge < -0.3 is 14.5 Å². The van der Waals surface area contributed by atoms with Gasteiger partial charge in [0.1, 0.15) is 11.3 Å². The normalized spacial score (nSPS) is 17.1. The first-order chi connectivity index (χ1) is 16.3. The minimum Gasteiger partial charge on any atom is -0.497 e. The molecule has 2 amide bonds. The molecule has 5 nitrogen and oxygen atoms in total.